The van der Waals surface area contributed by atoms with Gasteiger partial charge in [0.05, 0.1) is 0 Å². The van der Waals surface area contributed by atoms with Crippen molar-refractivity contribution >= 4 is 23.6 Å². The maximum atomic E-state index is 14.5. The van der Waals surface area contributed by atoms with Crippen molar-refractivity contribution < 1.29 is 24.2 Å². The summed E-state index contributed by atoms with van der Waals surface area (Å²) in [6, 6.07) is 15.5. The fourth-order valence-electron chi connectivity index (χ4n) is 4.95. The van der Waals surface area contributed by atoms with E-state index in [1.165, 1.54) is 17.0 Å². The first-order chi connectivity index (χ1) is 20.1. The van der Waals surface area contributed by atoms with Crippen molar-refractivity contribution in [2.24, 2.45) is 0 Å². The smallest absolute Gasteiger partial charge is 0.408 e. The number of carbonyl (C=O) groups excluding carboxylic acids is 3. The van der Waals surface area contributed by atoms with Crippen LogP contribution in [-0.2, 0) is 20.7 Å². The minimum Gasteiger partial charge on any atom is -0.508 e. The minimum atomic E-state index is -1.05. The van der Waals surface area contributed by atoms with E-state index in [0.717, 1.165) is 27.8 Å². The SMILES string of the molecule is Cc1ccc(C(C(=O)Nc2c(C)cccc2C)N(C(=O)C(Cc2ccc(O)cc2)NC(=O)OC(C)(C)C)C(C)C)cc1C. The number of phenols is 1. The minimum absolute atomic E-state index is 0.0912. The van der Waals surface area contributed by atoms with Crippen molar-refractivity contribution in [3.05, 3.63) is 94.0 Å². The number of aryl methyl sites for hydroxylation is 4. The number of rotatable bonds is 9. The lowest BCUT2D eigenvalue weighted by Crippen LogP contribution is -2.55. The van der Waals surface area contributed by atoms with Gasteiger partial charge in [-0.1, -0.05) is 48.5 Å². The topological polar surface area (TPSA) is 108 Å². The first kappa shape index (κ1) is 33.2. The highest BCUT2D eigenvalue weighted by molar-refractivity contribution is 6.00. The van der Waals surface area contributed by atoms with Gasteiger partial charge < -0.3 is 25.4 Å². The molecule has 0 radical (unpaired) electrons. The lowest BCUT2D eigenvalue weighted by Gasteiger charge is -2.37. The van der Waals surface area contributed by atoms with Crippen LogP contribution in [-0.4, -0.2) is 45.6 Å². The third-order valence-electron chi connectivity index (χ3n) is 7.28. The number of alkyl carbamates (subject to hydrolysis) is 1. The number of ether oxygens (including phenoxy) is 1. The zero-order valence-corrected chi connectivity index (χ0v) is 26.7. The Morgan fingerprint density at radius 3 is 2.00 bits per heavy atom. The fourth-order valence-corrected chi connectivity index (χ4v) is 4.95. The van der Waals surface area contributed by atoms with Crippen molar-refractivity contribution in [3.63, 3.8) is 0 Å². The third kappa shape index (κ3) is 8.83. The van der Waals surface area contributed by atoms with Gasteiger partial charge in [0.1, 0.15) is 23.4 Å². The van der Waals surface area contributed by atoms with Crippen LogP contribution in [0.2, 0.25) is 0 Å². The van der Waals surface area contributed by atoms with E-state index in [1.807, 2.05) is 77.9 Å². The van der Waals surface area contributed by atoms with Crippen molar-refractivity contribution in [3.8, 4) is 5.75 Å². The van der Waals surface area contributed by atoms with Crippen LogP contribution in [0.3, 0.4) is 0 Å². The van der Waals surface area contributed by atoms with Gasteiger partial charge in [-0.15, -0.1) is 0 Å². The van der Waals surface area contributed by atoms with Crippen LogP contribution in [0.1, 0.15) is 74.0 Å². The van der Waals surface area contributed by atoms with E-state index in [2.05, 4.69) is 10.6 Å². The Hall–Kier alpha value is -4.33. The highest BCUT2D eigenvalue weighted by atomic mass is 16.6. The molecule has 0 saturated heterocycles. The lowest BCUT2D eigenvalue weighted by molar-refractivity contribution is -0.142. The number of amides is 3. The first-order valence-electron chi connectivity index (χ1n) is 14.6. The van der Waals surface area contributed by atoms with E-state index in [-0.39, 0.29) is 18.1 Å². The quantitative estimate of drug-likeness (QED) is 0.259. The highest BCUT2D eigenvalue weighted by Gasteiger charge is 2.38. The number of carbonyl (C=O) groups is 3. The molecular weight excluding hydrogens is 542 g/mol. The van der Waals surface area contributed by atoms with E-state index in [1.54, 1.807) is 32.9 Å². The Morgan fingerprint density at radius 1 is 0.860 bits per heavy atom. The summed E-state index contributed by atoms with van der Waals surface area (Å²) in [7, 11) is 0. The number of hydrogen-bond donors (Lipinski definition) is 3. The second-order valence-corrected chi connectivity index (χ2v) is 12.4. The van der Waals surface area contributed by atoms with Crippen LogP contribution in [0, 0.1) is 27.7 Å². The molecule has 0 aliphatic heterocycles. The van der Waals surface area contributed by atoms with Gasteiger partial charge in [-0.2, -0.15) is 0 Å². The van der Waals surface area contributed by atoms with Crippen molar-refractivity contribution in [2.75, 3.05) is 5.32 Å². The van der Waals surface area contributed by atoms with E-state index < -0.39 is 35.7 Å². The Labute approximate surface area is 255 Å². The summed E-state index contributed by atoms with van der Waals surface area (Å²) >= 11 is 0. The predicted octanol–water partition coefficient (Wildman–Crippen LogP) is 6.68. The average molecular weight is 588 g/mol. The molecule has 0 aliphatic rings. The van der Waals surface area contributed by atoms with E-state index >= 15 is 0 Å². The number of phenolic OH excluding ortho intramolecular Hbond substituents is 1. The molecule has 0 spiro atoms. The molecule has 43 heavy (non-hydrogen) atoms. The number of anilines is 1. The summed E-state index contributed by atoms with van der Waals surface area (Å²) in [5.41, 5.74) is 5.18. The van der Waals surface area contributed by atoms with E-state index in [0.29, 0.717) is 11.3 Å². The lowest BCUT2D eigenvalue weighted by atomic mass is 9.96. The standard InChI is InChI=1S/C35H45N3O5/c1-21(2)38(33(41)29(36-34(42)43-35(7,8)9)20-26-14-17-28(39)18-15-26)31(27-16-13-22(3)25(6)19-27)32(40)37-30-23(4)11-10-12-24(30)5/h10-19,21,29,31,39H,20H2,1-9H3,(H,36,42)(H,37,40). The zero-order chi connectivity index (χ0) is 32.1. The molecule has 0 bridgehead atoms. The summed E-state index contributed by atoms with van der Waals surface area (Å²) in [6.07, 6.45) is -0.615. The number of aromatic hydroxyl groups is 1. The van der Waals surface area contributed by atoms with Gasteiger partial charge in [0, 0.05) is 18.2 Å². The fraction of sp³-hybridized carbons (Fsp3) is 0.400. The van der Waals surface area contributed by atoms with Crippen LogP contribution >= 0.6 is 0 Å². The second kappa shape index (κ2) is 13.8. The Balaban J connectivity index is 2.11. The van der Waals surface area contributed by atoms with Crippen LogP contribution < -0.4 is 10.6 Å². The maximum absolute atomic E-state index is 14.5. The van der Waals surface area contributed by atoms with Gasteiger partial charge in [-0.25, -0.2) is 4.79 Å². The number of nitrogens with one attached hydrogen (secondary N) is 2. The molecule has 2 unspecified atom stereocenters. The number of benzene rings is 3. The molecule has 3 amide bonds. The predicted molar refractivity (Wildman–Crippen MR) is 170 cm³/mol. The number of para-hydroxylation sites is 1. The first-order valence-corrected chi connectivity index (χ1v) is 14.6. The molecule has 8 heteroatoms. The third-order valence-corrected chi connectivity index (χ3v) is 7.28. The molecule has 0 heterocycles. The molecular formula is C35H45N3O5. The Bertz CT molecular complexity index is 1440. The molecule has 230 valence electrons. The van der Waals surface area contributed by atoms with Crippen molar-refractivity contribution in [2.45, 2.75) is 92.5 Å². The summed E-state index contributed by atoms with van der Waals surface area (Å²) in [6.45, 7) is 16.8. The molecule has 3 aromatic carbocycles. The molecule has 3 N–H and O–H groups in total. The van der Waals surface area contributed by atoms with Crippen molar-refractivity contribution in [1.82, 2.24) is 10.2 Å². The van der Waals surface area contributed by atoms with Crippen LogP contribution in [0.5, 0.6) is 5.75 Å². The molecule has 8 nitrogen and oxygen atoms in total. The van der Waals surface area contributed by atoms with E-state index in [9.17, 15) is 19.5 Å². The molecule has 0 aromatic heterocycles. The second-order valence-electron chi connectivity index (χ2n) is 12.4. The normalized spacial score (nSPS) is 12.8. The molecule has 3 aromatic rings. The largest absolute Gasteiger partial charge is 0.508 e. The van der Waals surface area contributed by atoms with Crippen molar-refractivity contribution in [1.29, 1.82) is 0 Å². The molecule has 2 atom stereocenters. The van der Waals surface area contributed by atoms with E-state index in [4.69, 9.17) is 4.74 Å². The number of nitrogens with zero attached hydrogens (tertiary/aromatic N) is 1. The van der Waals surface area contributed by atoms with Crippen LogP contribution in [0.15, 0.2) is 60.7 Å². The van der Waals surface area contributed by atoms with Gasteiger partial charge in [0.2, 0.25) is 5.91 Å². The molecule has 0 fully saturated rings. The molecule has 0 aliphatic carbocycles. The zero-order valence-electron chi connectivity index (χ0n) is 26.7. The summed E-state index contributed by atoms with van der Waals surface area (Å²) in [5, 5.41) is 15.6. The van der Waals surface area contributed by atoms with Gasteiger partial charge in [0.15, 0.2) is 0 Å². The van der Waals surface area contributed by atoms with Gasteiger partial charge in [-0.3, -0.25) is 9.59 Å². The average Bonchev–Trinajstić information content (AvgIpc) is 2.90. The summed E-state index contributed by atoms with van der Waals surface area (Å²) in [4.78, 5) is 43.3. The summed E-state index contributed by atoms with van der Waals surface area (Å²) in [5.74, 6) is -0.703. The molecule has 0 saturated carbocycles. The number of hydrogen-bond acceptors (Lipinski definition) is 5. The van der Waals surface area contributed by atoms with Gasteiger partial charge in [0.25, 0.3) is 5.91 Å². The van der Waals surface area contributed by atoms with Crippen LogP contribution in [0.4, 0.5) is 10.5 Å². The Kier molecular flexibility index (Phi) is 10.6. The van der Waals surface area contributed by atoms with Gasteiger partial charge >= 0.3 is 6.09 Å². The Morgan fingerprint density at radius 2 is 1.47 bits per heavy atom. The maximum Gasteiger partial charge on any atom is 0.408 e. The monoisotopic (exact) mass is 587 g/mol. The summed E-state index contributed by atoms with van der Waals surface area (Å²) < 4.78 is 5.50. The van der Waals surface area contributed by atoms with Gasteiger partial charge in [-0.05, 0) is 108 Å². The molecule has 3 rings (SSSR count). The van der Waals surface area contributed by atoms with Crippen LogP contribution in [0.25, 0.3) is 0 Å². The highest BCUT2D eigenvalue weighted by Crippen LogP contribution is 2.30.